The zero-order valence-corrected chi connectivity index (χ0v) is 10.8. The van der Waals surface area contributed by atoms with E-state index in [4.69, 9.17) is 0 Å². The number of hydrogen-bond acceptors (Lipinski definition) is 4. The molecule has 1 aliphatic heterocycles. The zero-order chi connectivity index (χ0) is 12.1. The van der Waals surface area contributed by atoms with Crippen LogP contribution in [0.5, 0.6) is 0 Å². The minimum absolute atomic E-state index is 0.444. The van der Waals surface area contributed by atoms with Crippen molar-refractivity contribution >= 4 is 0 Å². The summed E-state index contributed by atoms with van der Waals surface area (Å²) in [5.74, 6) is 0. The molecule has 0 spiro atoms. The highest BCUT2D eigenvalue weighted by molar-refractivity contribution is 4.97. The predicted octanol–water partition coefficient (Wildman–Crippen LogP) is 1.30. The normalized spacial score (nSPS) is 20.4. The van der Waals surface area contributed by atoms with Gasteiger partial charge in [0, 0.05) is 19.3 Å². The van der Waals surface area contributed by atoms with Gasteiger partial charge in [-0.3, -0.25) is 0 Å². The third kappa shape index (κ3) is 3.75. The lowest BCUT2D eigenvalue weighted by Gasteiger charge is -2.38. The number of likely N-dealkylation sites (tertiary alicyclic amines) is 1. The van der Waals surface area contributed by atoms with Crippen molar-refractivity contribution in [3.05, 3.63) is 24.3 Å². The van der Waals surface area contributed by atoms with Crippen LogP contribution in [0, 0.1) is 5.41 Å². The molecule has 1 aromatic rings. The van der Waals surface area contributed by atoms with E-state index in [-0.39, 0.29) is 0 Å². The summed E-state index contributed by atoms with van der Waals surface area (Å²) >= 11 is 0. The number of nitrogens with one attached hydrogen (secondary N) is 1. The molecule has 0 bridgehead atoms. The van der Waals surface area contributed by atoms with E-state index in [0.29, 0.717) is 5.41 Å². The first-order valence-electron chi connectivity index (χ1n) is 6.32. The SMILES string of the molecule is CN1CCC(C)(CNCc2ccncn2)CC1. The molecule has 0 unspecified atom stereocenters. The molecule has 4 heteroatoms. The van der Waals surface area contributed by atoms with Crippen LogP contribution < -0.4 is 5.32 Å². The third-order valence-corrected chi connectivity index (χ3v) is 3.70. The average Bonchev–Trinajstić information content (AvgIpc) is 2.35. The second kappa shape index (κ2) is 5.56. The third-order valence-electron chi connectivity index (χ3n) is 3.70. The van der Waals surface area contributed by atoms with E-state index in [2.05, 4.69) is 34.2 Å². The van der Waals surface area contributed by atoms with Crippen LogP contribution in [0.3, 0.4) is 0 Å². The Morgan fingerprint density at radius 3 is 2.82 bits per heavy atom. The number of piperidine rings is 1. The van der Waals surface area contributed by atoms with E-state index >= 15 is 0 Å². The Morgan fingerprint density at radius 1 is 1.41 bits per heavy atom. The maximum atomic E-state index is 4.21. The lowest BCUT2D eigenvalue weighted by molar-refractivity contribution is 0.136. The standard InChI is InChI=1S/C13H22N4/c1-13(4-7-17(2)8-5-13)10-15-9-12-3-6-14-11-16-12/h3,6,11,15H,4-5,7-10H2,1-2H3. The van der Waals surface area contributed by atoms with Crippen molar-refractivity contribution in [1.82, 2.24) is 20.2 Å². The molecular formula is C13H22N4. The molecule has 17 heavy (non-hydrogen) atoms. The molecule has 1 N–H and O–H groups in total. The fourth-order valence-electron chi connectivity index (χ4n) is 2.25. The topological polar surface area (TPSA) is 41.0 Å². The lowest BCUT2D eigenvalue weighted by atomic mass is 9.80. The van der Waals surface area contributed by atoms with E-state index in [0.717, 1.165) is 18.8 Å². The van der Waals surface area contributed by atoms with Crippen LogP contribution in [0.1, 0.15) is 25.5 Å². The number of hydrogen-bond donors (Lipinski definition) is 1. The molecule has 1 aromatic heterocycles. The van der Waals surface area contributed by atoms with E-state index in [1.807, 2.05) is 6.07 Å². The molecule has 0 saturated carbocycles. The summed E-state index contributed by atoms with van der Waals surface area (Å²) in [5, 5.41) is 3.52. The van der Waals surface area contributed by atoms with Gasteiger partial charge >= 0.3 is 0 Å². The summed E-state index contributed by atoms with van der Waals surface area (Å²) in [6.07, 6.45) is 5.95. The minimum Gasteiger partial charge on any atom is -0.311 e. The van der Waals surface area contributed by atoms with E-state index in [1.54, 1.807) is 12.5 Å². The maximum Gasteiger partial charge on any atom is 0.115 e. The molecule has 94 valence electrons. The smallest absolute Gasteiger partial charge is 0.115 e. The summed E-state index contributed by atoms with van der Waals surface area (Å²) < 4.78 is 0. The molecule has 1 fully saturated rings. The highest BCUT2D eigenvalue weighted by Gasteiger charge is 2.28. The van der Waals surface area contributed by atoms with Crippen molar-refractivity contribution in [2.75, 3.05) is 26.7 Å². The van der Waals surface area contributed by atoms with Crippen LogP contribution >= 0.6 is 0 Å². The molecule has 0 atom stereocenters. The average molecular weight is 234 g/mol. The van der Waals surface area contributed by atoms with E-state index in [9.17, 15) is 0 Å². The van der Waals surface area contributed by atoms with Gasteiger partial charge in [0.25, 0.3) is 0 Å². The molecule has 2 rings (SSSR count). The highest BCUT2D eigenvalue weighted by Crippen LogP contribution is 2.29. The van der Waals surface area contributed by atoms with Crippen LogP contribution in [-0.2, 0) is 6.54 Å². The summed E-state index contributed by atoms with van der Waals surface area (Å²) in [7, 11) is 2.20. The first kappa shape index (κ1) is 12.5. The van der Waals surface area contributed by atoms with Gasteiger partial charge in [0.05, 0.1) is 5.69 Å². The second-order valence-corrected chi connectivity index (χ2v) is 5.42. The van der Waals surface area contributed by atoms with Crippen molar-refractivity contribution < 1.29 is 0 Å². The largest absolute Gasteiger partial charge is 0.311 e. The Labute approximate surface area is 103 Å². The van der Waals surface area contributed by atoms with Crippen molar-refractivity contribution in [2.45, 2.75) is 26.3 Å². The first-order valence-corrected chi connectivity index (χ1v) is 6.32. The summed E-state index contributed by atoms with van der Waals surface area (Å²) in [6, 6.07) is 1.96. The van der Waals surface area contributed by atoms with Gasteiger partial charge in [-0.15, -0.1) is 0 Å². The van der Waals surface area contributed by atoms with Gasteiger partial charge in [-0.1, -0.05) is 6.92 Å². The lowest BCUT2D eigenvalue weighted by Crippen LogP contribution is -2.41. The van der Waals surface area contributed by atoms with Gasteiger partial charge in [-0.05, 0) is 44.5 Å². The van der Waals surface area contributed by atoms with Crippen LogP contribution in [0.15, 0.2) is 18.6 Å². The van der Waals surface area contributed by atoms with Gasteiger partial charge in [0.1, 0.15) is 6.33 Å². The number of nitrogens with zero attached hydrogens (tertiary/aromatic N) is 3. The summed E-state index contributed by atoms with van der Waals surface area (Å²) in [4.78, 5) is 10.5. The fraction of sp³-hybridized carbons (Fsp3) is 0.692. The van der Waals surface area contributed by atoms with Crippen molar-refractivity contribution in [3.8, 4) is 0 Å². The number of aromatic nitrogens is 2. The van der Waals surface area contributed by atoms with Crippen LogP contribution in [0.25, 0.3) is 0 Å². The van der Waals surface area contributed by atoms with Gasteiger partial charge in [-0.25, -0.2) is 9.97 Å². The van der Waals surface area contributed by atoms with Gasteiger partial charge in [-0.2, -0.15) is 0 Å². The Morgan fingerprint density at radius 2 is 2.18 bits per heavy atom. The summed E-state index contributed by atoms with van der Waals surface area (Å²) in [6.45, 7) is 6.73. The summed E-state index contributed by atoms with van der Waals surface area (Å²) in [5.41, 5.74) is 1.51. The second-order valence-electron chi connectivity index (χ2n) is 5.42. The van der Waals surface area contributed by atoms with E-state index < -0.39 is 0 Å². The van der Waals surface area contributed by atoms with E-state index in [1.165, 1.54) is 25.9 Å². The van der Waals surface area contributed by atoms with Crippen LogP contribution in [0.4, 0.5) is 0 Å². The number of rotatable bonds is 4. The van der Waals surface area contributed by atoms with Gasteiger partial charge in [0.15, 0.2) is 0 Å². The molecule has 2 heterocycles. The molecule has 0 aliphatic carbocycles. The first-order chi connectivity index (χ1) is 8.18. The Balaban J connectivity index is 1.75. The molecular weight excluding hydrogens is 212 g/mol. The van der Waals surface area contributed by atoms with Crippen LogP contribution in [0.2, 0.25) is 0 Å². The maximum absolute atomic E-state index is 4.21. The Bertz CT molecular complexity index is 331. The minimum atomic E-state index is 0.444. The molecule has 0 radical (unpaired) electrons. The van der Waals surface area contributed by atoms with Gasteiger partial charge in [0.2, 0.25) is 0 Å². The monoisotopic (exact) mass is 234 g/mol. The van der Waals surface area contributed by atoms with Gasteiger partial charge < -0.3 is 10.2 Å². The molecule has 0 aromatic carbocycles. The molecule has 1 aliphatic rings. The molecule has 4 nitrogen and oxygen atoms in total. The zero-order valence-electron chi connectivity index (χ0n) is 10.8. The Kier molecular flexibility index (Phi) is 4.07. The van der Waals surface area contributed by atoms with Crippen molar-refractivity contribution in [3.63, 3.8) is 0 Å². The Hall–Kier alpha value is -1.00. The molecule has 1 saturated heterocycles. The fourth-order valence-corrected chi connectivity index (χ4v) is 2.25. The van der Waals surface area contributed by atoms with Crippen LogP contribution in [-0.4, -0.2) is 41.5 Å². The predicted molar refractivity (Wildman–Crippen MR) is 68.6 cm³/mol. The van der Waals surface area contributed by atoms with Crippen molar-refractivity contribution in [2.24, 2.45) is 5.41 Å². The quantitative estimate of drug-likeness (QED) is 0.852. The van der Waals surface area contributed by atoms with Crippen molar-refractivity contribution in [1.29, 1.82) is 0 Å². The highest BCUT2D eigenvalue weighted by atomic mass is 15.1. The molecule has 0 amide bonds.